The van der Waals surface area contributed by atoms with E-state index in [-0.39, 0.29) is 18.5 Å². The lowest BCUT2D eigenvalue weighted by Crippen LogP contribution is -2.45. The van der Waals surface area contributed by atoms with Gasteiger partial charge in [0.15, 0.2) is 0 Å². The molecule has 0 fully saturated rings. The lowest BCUT2D eigenvalue weighted by Gasteiger charge is -2.20. The van der Waals surface area contributed by atoms with Crippen LogP contribution in [-0.2, 0) is 14.3 Å². The van der Waals surface area contributed by atoms with Crippen LogP contribution in [0.1, 0.15) is 483 Å². The van der Waals surface area contributed by atoms with Gasteiger partial charge in [-0.2, -0.15) is 0 Å². The topological polar surface area (TPSA) is 95.9 Å². The summed E-state index contributed by atoms with van der Waals surface area (Å²) in [6.45, 7) is 4.97. The van der Waals surface area contributed by atoms with Crippen LogP contribution in [0.4, 0.5) is 0 Å². The summed E-state index contributed by atoms with van der Waals surface area (Å²) in [6, 6.07) is -0.625. The average Bonchev–Trinajstić information content (AvgIpc) is 3.73. The minimum atomic E-state index is -0.842. The molecule has 0 rings (SSSR count). The zero-order valence-electron chi connectivity index (χ0n) is 62.1. The molecule has 2 atom stereocenters. The Hall–Kier alpha value is -1.66. The first-order valence-corrected chi connectivity index (χ1v) is 42.1. The lowest BCUT2D eigenvalue weighted by atomic mass is 10.0. The molecule has 0 saturated carbocycles. The summed E-state index contributed by atoms with van der Waals surface area (Å²) < 4.78 is 5.52. The fourth-order valence-corrected chi connectivity index (χ4v) is 13.6. The fraction of sp³-hybridized carbons (Fsp3) is 0.929. The Morgan fingerprint density at radius 1 is 0.297 bits per heavy atom. The molecule has 0 aromatic heterocycles. The normalized spacial score (nSPS) is 12.5. The number of rotatable bonds is 80. The molecule has 6 nitrogen and oxygen atoms in total. The lowest BCUT2D eigenvalue weighted by molar-refractivity contribution is -0.143. The number of allylic oxidation sites excluding steroid dienone is 3. The van der Waals surface area contributed by atoms with Crippen molar-refractivity contribution in [2.24, 2.45) is 0 Å². The number of unbranched alkanes of at least 4 members (excludes halogenated alkanes) is 67. The smallest absolute Gasteiger partial charge is 0.305 e. The highest BCUT2D eigenvalue weighted by Crippen LogP contribution is 2.20. The first-order valence-electron chi connectivity index (χ1n) is 42.1. The molecule has 0 aliphatic carbocycles. The van der Waals surface area contributed by atoms with Gasteiger partial charge in [0.25, 0.3) is 0 Å². The summed E-state index contributed by atoms with van der Waals surface area (Å²) in [7, 11) is 0. The van der Waals surface area contributed by atoms with Crippen molar-refractivity contribution < 1.29 is 24.5 Å². The van der Waals surface area contributed by atoms with Gasteiger partial charge in [-0.15, -0.1) is 0 Å². The van der Waals surface area contributed by atoms with Gasteiger partial charge in [-0.1, -0.05) is 436 Å². The Morgan fingerprint density at radius 3 is 0.780 bits per heavy atom. The number of aliphatic hydroxyl groups is 2. The zero-order valence-corrected chi connectivity index (χ0v) is 62.1. The van der Waals surface area contributed by atoms with Crippen molar-refractivity contribution in [3.05, 3.63) is 24.3 Å². The molecule has 3 N–H and O–H groups in total. The largest absolute Gasteiger partial charge is 0.466 e. The molecule has 0 bridgehead atoms. The second kappa shape index (κ2) is 80.8. The molecule has 0 aromatic rings. The van der Waals surface area contributed by atoms with Gasteiger partial charge in [0.1, 0.15) is 0 Å². The van der Waals surface area contributed by atoms with Crippen molar-refractivity contribution in [3.8, 4) is 0 Å². The minimum absolute atomic E-state index is 0.0274. The molecule has 1 amide bonds. The van der Waals surface area contributed by atoms with E-state index in [2.05, 4.69) is 31.3 Å². The van der Waals surface area contributed by atoms with Crippen molar-refractivity contribution in [2.45, 2.75) is 495 Å². The van der Waals surface area contributed by atoms with Crippen molar-refractivity contribution in [2.75, 3.05) is 13.2 Å². The van der Waals surface area contributed by atoms with E-state index in [9.17, 15) is 19.8 Å². The van der Waals surface area contributed by atoms with Gasteiger partial charge in [-0.05, 0) is 57.8 Å². The summed E-state index contributed by atoms with van der Waals surface area (Å²) in [5, 5.41) is 23.3. The number of aliphatic hydroxyl groups excluding tert-OH is 2. The van der Waals surface area contributed by atoms with Gasteiger partial charge >= 0.3 is 5.97 Å². The van der Waals surface area contributed by atoms with Gasteiger partial charge in [-0.3, -0.25) is 9.59 Å². The predicted octanol–water partition coefficient (Wildman–Crippen LogP) is 28.0. The third-order valence-corrected chi connectivity index (χ3v) is 20.0. The highest BCUT2D eigenvalue weighted by Gasteiger charge is 2.18. The second-order valence-electron chi connectivity index (χ2n) is 29.2. The minimum Gasteiger partial charge on any atom is -0.466 e. The Bertz CT molecular complexity index is 1430. The molecule has 0 aliphatic heterocycles. The van der Waals surface area contributed by atoms with E-state index in [1.807, 2.05) is 6.08 Å². The molecule has 540 valence electrons. The summed E-state index contributed by atoms with van der Waals surface area (Å²) in [5.41, 5.74) is 0. The van der Waals surface area contributed by atoms with Gasteiger partial charge in [0.05, 0.1) is 25.4 Å². The van der Waals surface area contributed by atoms with Crippen LogP contribution in [0.15, 0.2) is 24.3 Å². The quantitative estimate of drug-likeness (QED) is 0.0320. The molecule has 6 heteroatoms. The maximum Gasteiger partial charge on any atom is 0.305 e. The predicted molar refractivity (Wildman–Crippen MR) is 403 cm³/mol. The van der Waals surface area contributed by atoms with Gasteiger partial charge in [0, 0.05) is 12.8 Å². The maximum absolute atomic E-state index is 12.5. The van der Waals surface area contributed by atoms with Crippen molar-refractivity contribution >= 4 is 11.9 Å². The van der Waals surface area contributed by atoms with E-state index < -0.39 is 12.1 Å². The summed E-state index contributed by atoms with van der Waals surface area (Å²) in [5.74, 6) is -0.0319. The highest BCUT2D eigenvalue weighted by molar-refractivity contribution is 5.76. The van der Waals surface area contributed by atoms with Crippen LogP contribution in [0.5, 0.6) is 0 Å². The van der Waals surface area contributed by atoms with E-state index >= 15 is 0 Å². The van der Waals surface area contributed by atoms with Crippen LogP contribution in [-0.4, -0.2) is 47.4 Å². The first kappa shape index (κ1) is 89.3. The summed E-state index contributed by atoms with van der Waals surface area (Å²) in [4.78, 5) is 24.6. The Morgan fingerprint density at radius 2 is 0.516 bits per heavy atom. The number of carbonyl (C=O) groups is 2. The number of ether oxygens (including phenoxy) is 1. The average molecular weight is 1280 g/mol. The molecule has 91 heavy (non-hydrogen) atoms. The van der Waals surface area contributed by atoms with Crippen LogP contribution in [0.3, 0.4) is 0 Å². The summed E-state index contributed by atoms with van der Waals surface area (Å²) >= 11 is 0. The number of hydrogen-bond donors (Lipinski definition) is 3. The Kier molecular flexibility index (Phi) is 79.3. The molecule has 0 aliphatic rings. The van der Waals surface area contributed by atoms with E-state index in [0.717, 1.165) is 38.5 Å². The second-order valence-corrected chi connectivity index (χ2v) is 29.2. The Balaban J connectivity index is 3.32. The van der Waals surface area contributed by atoms with E-state index in [0.29, 0.717) is 19.4 Å². The van der Waals surface area contributed by atoms with Crippen LogP contribution in [0.25, 0.3) is 0 Å². The molecule has 0 aromatic carbocycles. The highest BCUT2D eigenvalue weighted by atomic mass is 16.5. The molecule has 0 heterocycles. The SMILES string of the molecule is CCCCCCCCCCCCCCCCCC/C=C/C(O)C(CO)NC(=O)CCCCCCCCCCCCCCCCCCC/C=C\CCCCCCCCCCCCCCCCCCCCOC(=O)CCCCCCCCCCCCCCCCCCC. The van der Waals surface area contributed by atoms with Crippen LogP contribution in [0.2, 0.25) is 0 Å². The molecule has 2 unspecified atom stereocenters. The van der Waals surface area contributed by atoms with Gasteiger partial charge in [0.2, 0.25) is 5.91 Å². The monoisotopic (exact) mass is 1280 g/mol. The maximum atomic E-state index is 12.5. The fourth-order valence-electron chi connectivity index (χ4n) is 13.6. The van der Waals surface area contributed by atoms with Crippen LogP contribution < -0.4 is 5.32 Å². The van der Waals surface area contributed by atoms with Crippen molar-refractivity contribution in [3.63, 3.8) is 0 Å². The molecular formula is C85H165NO5. The van der Waals surface area contributed by atoms with Crippen molar-refractivity contribution in [1.29, 1.82) is 0 Å². The number of carbonyl (C=O) groups excluding carboxylic acids is 2. The van der Waals surface area contributed by atoms with E-state index in [4.69, 9.17) is 4.74 Å². The van der Waals surface area contributed by atoms with Crippen LogP contribution in [0, 0.1) is 0 Å². The molecule has 0 radical (unpaired) electrons. The Labute approximate surface area is 571 Å². The molecule has 0 saturated heterocycles. The summed E-state index contributed by atoms with van der Waals surface area (Å²) in [6.07, 6.45) is 105. The van der Waals surface area contributed by atoms with E-state index in [1.54, 1.807) is 6.08 Å². The third kappa shape index (κ3) is 77.2. The number of esters is 1. The third-order valence-electron chi connectivity index (χ3n) is 20.0. The number of nitrogens with one attached hydrogen (secondary N) is 1. The van der Waals surface area contributed by atoms with Crippen molar-refractivity contribution in [1.82, 2.24) is 5.32 Å². The van der Waals surface area contributed by atoms with Gasteiger partial charge < -0.3 is 20.3 Å². The number of amides is 1. The zero-order chi connectivity index (χ0) is 65.6. The first-order chi connectivity index (χ1) is 45.0. The standard InChI is InChI=1S/C85H165NO5/c1-3-5-7-9-11-13-15-17-19-21-46-49-53-57-61-65-69-73-77-83(88)82(81-87)86-84(89)78-74-70-66-62-58-54-50-47-43-41-39-37-35-33-31-29-27-25-23-22-24-26-28-30-32-34-36-38-40-42-44-48-52-56-60-64-68-72-76-80-91-85(90)79-75-71-67-63-59-55-51-45-20-18-16-14-12-10-8-6-4-2/h22-23,73,77,82-83,87-88H,3-21,24-72,74-76,78-81H2,1-2H3,(H,86,89)/b23-22-,77-73+. The molecule has 0 spiro atoms. The van der Waals surface area contributed by atoms with Gasteiger partial charge in [-0.25, -0.2) is 0 Å². The number of hydrogen-bond acceptors (Lipinski definition) is 5. The van der Waals surface area contributed by atoms with Crippen LogP contribution >= 0.6 is 0 Å². The van der Waals surface area contributed by atoms with E-state index in [1.165, 1.54) is 417 Å². The molecular weight excluding hydrogens is 1110 g/mol.